The number of aryl methyl sites for hydroxylation is 1. The Kier molecular flexibility index (Phi) is 4.55. The number of ether oxygens (including phenoxy) is 1. The van der Waals surface area contributed by atoms with E-state index in [1.54, 1.807) is 6.20 Å². The monoisotopic (exact) mass is 444 g/mol. The molecule has 170 valence electrons. The van der Waals surface area contributed by atoms with Crippen LogP contribution in [0.3, 0.4) is 0 Å². The highest BCUT2D eigenvalue weighted by Crippen LogP contribution is 2.52. The van der Waals surface area contributed by atoms with Crippen molar-refractivity contribution in [3.63, 3.8) is 0 Å². The van der Waals surface area contributed by atoms with Gasteiger partial charge in [-0.3, -0.25) is 9.48 Å². The Bertz CT molecular complexity index is 1220. The summed E-state index contributed by atoms with van der Waals surface area (Å²) in [6.45, 7) is 3.44. The van der Waals surface area contributed by atoms with E-state index in [0.29, 0.717) is 6.61 Å². The molecule has 1 unspecified atom stereocenters. The summed E-state index contributed by atoms with van der Waals surface area (Å²) in [5, 5.41) is 20.0. The van der Waals surface area contributed by atoms with Crippen molar-refractivity contribution in [3.8, 4) is 11.3 Å². The summed E-state index contributed by atoms with van der Waals surface area (Å²) in [4.78, 5) is 13.8. The van der Waals surface area contributed by atoms with Crippen LogP contribution in [0, 0.1) is 0 Å². The minimum absolute atomic E-state index is 0.0201. The van der Waals surface area contributed by atoms with Crippen LogP contribution < -0.4 is 10.6 Å². The van der Waals surface area contributed by atoms with Gasteiger partial charge in [0.25, 0.3) is 5.91 Å². The number of amides is 1. The highest BCUT2D eigenvalue weighted by Gasteiger charge is 2.54. The molecular weight excluding hydrogens is 416 g/mol. The molecule has 33 heavy (non-hydrogen) atoms. The lowest BCUT2D eigenvalue weighted by atomic mass is 9.61. The summed E-state index contributed by atoms with van der Waals surface area (Å²) >= 11 is 0. The van der Waals surface area contributed by atoms with Crippen LogP contribution >= 0.6 is 0 Å². The topological polar surface area (TPSA) is 92.9 Å². The van der Waals surface area contributed by atoms with Gasteiger partial charge < -0.3 is 15.4 Å². The largest absolute Gasteiger partial charge is 0.379 e. The third kappa shape index (κ3) is 2.93. The SMILES string of the molecule is CC[C@]1(c2cccc(-c3ccnn3C)c2)C2=CN=NC2NC2=C1C(=O)N[C@@]1(CCCOC1)C2. The number of carbonyl (C=O) groups is 1. The Morgan fingerprint density at radius 2 is 2.21 bits per heavy atom. The van der Waals surface area contributed by atoms with Gasteiger partial charge in [-0.05, 0) is 37.0 Å². The molecule has 1 spiro atoms. The van der Waals surface area contributed by atoms with Gasteiger partial charge in [0, 0.05) is 43.1 Å². The molecule has 1 amide bonds. The Morgan fingerprint density at radius 1 is 1.30 bits per heavy atom. The average molecular weight is 445 g/mol. The minimum Gasteiger partial charge on any atom is -0.379 e. The Morgan fingerprint density at radius 3 is 2.97 bits per heavy atom. The Labute approximate surface area is 192 Å². The van der Waals surface area contributed by atoms with Crippen LogP contribution in [-0.4, -0.2) is 40.6 Å². The van der Waals surface area contributed by atoms with Gasteiger partial charge >= 0.3 is 0 Å². The fraction of sp³-hybridized carbons (Fsp3) is 0.440. The van der Waals surface area contributed by atoms with Gasteiger partial charge in [-0.2, -0.15) is 15.3 Å². The van der Waals surface area contributed by atoms with Crippen LogP contribution in [0.2, 0.25) is 0 Å². The van der Waals surface area contributed by atoms with E-state index in [1.807, 2.05) is 24.0 Å². The summed E-state index contributed by atoms with van der Waals surface area (Å²) in [6, 6.07) is 10.5. The molecule has 1 saturated heterocycles. The van der Waals surface area contributed by atoms with E-state index in [1.165, 1.54) is 0 Å². The van der Waals surface area contributed by atoms with Crippen molar-refractivity contribution in [1.29, 1.82) is 0 Å². The minimum atomic E-state index is -0.607. The quantitative estimate of drug-likeness (QED) is 0.759. The lowest BCUT2D eigenvalue weighted by Crippen LogP contribution is -2.62. The number of hydrogen-bond acceptors (Lipinski definition) is 6. The summed E-state index contributed by atoms with van der Waals surface area (Å²) in [7, 11) is 1.94. The maximum atomic E-state index is 13.8. The number of azo groups is 1. The van der Waals surface area contributed by atoms with Crippen LogP contribution in [0.25, 0.3) is 11.3 Å². The summed E-state index contributed by atoms with van der Waals surface area (Å²) in [5.41, 5.74) is 5.00. The van der Waals surface area contributed by atoms with E-state index in [9.17, 15) is 4.79 Å². The normalized spacial score (nSPS) is 30.5. The summed E-state index contributed by atoms with van der Waals surface area (Å²) < 4.78 is 7.65. The third-order valence-corrected chi connectivity index (χ3v) is 7.65. The molecule has 0 radical (unpaired) electrons. The molecule has 2 aromatic rings. The first-order valence-corrected chi connectivity index (χ1v) is 11.7. The first-order chi connectivity index (χ1) is 16.1. The molecule has 8 nitrogen and oxygen atoms in total. The molecule has 4 aliphatic rings. The van der Waals surface area contributed by atoms with Crippen molar-refractivity contribution in [1.82, 2.24) is 20.4 Å². The van der Waals surface area contributed by atoms with E-state index in [-0.39, 0.29) is 17.6 Å². The van der Waals surface area contributed by atoms with Crippen LogP contribution in [0.5, 0.6) is 0 Å². The molecule has 1 aromatic heterocycles. The van der Waals surface area contributed by atoms with Gasteiger partial charge in [0.2, 0.25) is 0 Å². The number of aromatic nitrogens is 2. The van der Waals surface area contributed by atoms with Crippen molar-refractivity contribution in [2.45, 2.75) is 49.7 Å². The lowest BCUT2D eigenvalue weighted by molar-refractivity contribution is -0.123. The molecule has 3 atom stereocenters. The Hall–Kier alpha value is -3.26. The zero-order chi connectivity index (χ0) is 22.6. The number of nitrogens with one attached hydrogen (secondary N) is 2. The highest BCUT2D eigenvalue weighted by molar-refractivity contribution is 6.00. The first kappa shape index (κ1) is 20.4. The zero-order valence-corrected chi connectivity index (χ0v) is 19.0. The fourth-order valence-corrected chi connectivity index (χ4v) is 6.13. The van der Waals surface area contributed by atoms with Crippen LogP contribution in [-0.2, 0) is 22.0 Å². The number of nitrogens with zero attached hydrogens (tertiary/aromatic N) is 4. The maximum Gasteiger partial charge on any atom is 0.250 e. The lowest BCUT2D eigenvalue weighted by Gasteiger charge is -2.50. The van der Waals surface area contributed by atoms with Crippen molar-refractivity contribution < 1.29 is 9.53 Å². The fourth-order valence-electron chi connectivity index (χ4n) is 6.13. The van der Waals surface area contributed by atoms with Crippen molar-refractivity contribution in [2.24, 2.45) is 17.3 Å². The summed E-state index contributed by atoms with van der Waals surface area (Å²) in [5.74, 6) is -0.0201. The van der Waals surface area contributed by atoms with Crippen molar-refractivity contribution >= 4 is 5.91 Å². The third-order valence-electron chi connectivity index (χ3n) is 7.65. The van der Waals surface area contributed by atoms with Crippen LogP contribution in [0.15, 0.2) is 69.8 Å². The van der Waals surface area contributed by atoms with E-state index in [0.717, 1.165) is 66.0 Å². The molecule has 6 rings (SSSR count). The van der Waals surface area contributed by atoms with E-state index in [4.69, 9.17) is 4.74 Å². The molecule has 0 bridgehead atoms. The number of fused-ring (bicyclic) bond motifs is 1. The molecule has 1 fully saturated rings. The van der Waals surface area contributed by atoms with Crippen LogP contribution in [0.4, 0.5) is 0 Å². The maximum absolute atomic E-state index is 13.8. The van der Waals surface area contributed by atoms with Crippen molar-refractivity contribution in [3.05, 3.63) is 65.1 Å². The number of rotatable bonds is 3. The van der Waals surface area contributed by atoms with Crippen LogP contribution in [0.1, 0.15) is 38.2 Å². The molecule has 1 aromatic carbocycles. The molecule has 2 N–H and O–H groups in total. The molecule has 0 aliphatic carbocycles. The van der Waals surface area contributed by atoms with Gasteiger partial charge in [0.15, 0.2) is 6.17 Å². The zero-order valence-electron chi connectivity index (χ0n) is 19.0. The number of hydrogen-bond donors (Lipinski definition) is 2. The van der Waals surface area contributed by atoms with Gasteiger partial charge in [-0.25, -0.2) is 0 Å². The van der Waals surface area contributed by atoms with E-state index in [2.05, 4.69) is 57.1 Å². The van der Waals surface area contributed by atoms with Gasteiger partial charge in [0.1, 0.15) is 0 Å². The van der Waals surface area contributed by atoms with Gasteiger partial charge in [-0.1, -0.05) is 25.1 Å². The summed E-state index contributed by atoms with van der Waals surface area (Å²) in [6.07, 6.45) is 6.70. The van der Waals surface area contributed by atoms with Gasteiger partial charge in [-0.15, -0.1) is 0 Å². The second-order valence-corrected chi connectivity index (χ2v) is 9.46. The highest BCUT2D eigenvalue weighted by atomic mass is 16.5. The van der Waals surface area contributed by atoms with Crippen molar-refractivity contribution in [2.75, 3.05) is 13.2 Å². The number of benzene rings is 1. The molecule has 0 saturated carbocycles. The standard InChI is InChI=1S/C25H28N6O2/c1-3-25(17-7-4-6-16(12-17)20-8-10-27-31(20)2)18-14-26-30-22(18)28-19-13-24(9-5-11-33-15-24)29-23(32)21(19)25/h4,6-8,10,12,14,22,28H,3,5,9,11,13,15H2,1-2H3,(H,29,32)/t22?,24-,25-/m0/s1. The van der Waals surface area contributed by atoms with E-state index < -0.39 is 5.41 Å². The first-order valence-electron chi connectivity index (χ1n) is 11.7. The molecule has 5 heterocycles. The molecular formula is C25H28N6O2. The number of carbonyl (C=O) groups excluding carboxylic acids is 1. The average Bonchev–Trinajstić information content (AvgIpc) is 3.47. The van der Waals surface area contributed by atoms with Gasteiger partial charge in [0.05, 0.1) is 35.0 Å². The predicted octanol–water partition coefficient (Wildman–Crippen LogP) is 3.34. The smallest absolute Gasteiger partial charge is 0.250 e. The molecule has 4 aliphatic heterocycles. The second kappa shape index (κ2) is 7.38. The second-order valence-electron chi connectivity index (χ2n) is 9.46. The Balaban J connectivity index is 1.53. The molecule has 8 heteroatoms. The predicted molar refractivity (Wildman–Crippen MR) is 123 cm³/mol. The van der Waals surface area contributed by atoms with E-state index >= 15 is 0 Å².